The van der Waals surface area contributed by atoms with E-state index in [1.165, 1.54) is 0 Å². The molecule has 1 fully saturated rings. The van der Waals surface area contributed by atoms with Gasteiger partial charge in [0, 0.05) is 11.6 Å². The van der Waals surface area contributed by atoms with Crippen LogP contribution in [-0.4, -0.2) is 68.8 Å². The lowest BCUT2D eigenvalue weighted by Crippen LogP contribution is -2.43. The Morgan fingerprint density at radius 2 is 2.11 bits per heavy atom. The number of sulfone groups is 1. The van der Waals surface area contributed by atoms with Crippen LogP contribution in [0, 0.1) is 0 Å². The van der Waals surface area contributed by atoms with Crippen LogP contribution in [0.15, 0.2) is 0 Å². The molecule has 19 heavy (non-hydrogen) atoms. The third-order valence-corrected chi connectivity index (χ3v) is 6.02. The highest BCUT2D eigenvalue weighted by Gasteiger charge is 2.30. The second kappa shape index (κ2) is 7.02. The highest BCUT2D eigenvalue weighted by molar-refractivity contribution is 7.91. The number of unbranched alkanes of at least 4 members (excludes halogenated alkanes) is 1. The van der Waals surface area contributed by atoms with Gasteiger partial charge in [-0.2, -0.15) is 0 Å². The van der Waals surface area contributed by atoms with Gasteiger partial charge in [0.1, 0.15) is 0 Å². The average molecular weight is 292 g/mol. The van der Waals surface area contributed by atoms with Crippen molar-refractivity contribution in [3.8, 4) is 0 Å². The van der Waals surface area contributed by atoms with Crippen LogP contribution in [-0.2, 0) is 9.84 Å². The summed E-state index contributed by atoms with van der Waals surface area (Å²) < 4.78 is 22.8. The monoisotopic (exact) mass is 292 g/mol. The summed E-state index contributed by atoms with van der Waals surface area (Å²) in [4.78, 5) is 2.17. The molecular weight excluding hydrogens is 264 g/mol. The molecule has 1 rings (SSSR count). The van der Waals surface area contributed by atoms with E-state index in [9.17, 15) is 13.5 Å². The molecule has 2 atom stereocenters. The maximum absolute atomic E-state index is 11.4. The Bertz CT molecular complexity index is 366. The van der Waals surface area contributed by atoms with Gasteiger partial charge in [-0.05, 0) is 46.8 Å². The van der Waals surface area contributed by atoms with Crippen molar-refractivity contribution in [2.75, 3.05) is 38.8 Å². The van der Waals surface area contributed by atoms with E-state index in [0.29, 0.717) is 11.5 Å². The smallest absolute Gasteiger partial charge is 0.151 e. The van der Waals surface area contributed by atoms with Crippen molar-refractivity contribution in [3.63, 3.8) is 0 Å². The summed E-state index contributed by atoms with van der Waals surface area (Å²) in [5.41, 5.74) is -0.199. The van der Waals surface area contributed by atoms with Gasteiger partial charge in [-0.1, -0.05) is 6.42 Å². The van der Waals surface area contributed by atoms with E-state index in [2.05, 4.69) is 10.2 Å². The van der Waals surface area contributed by atoms with Crippen molar-refractivity contribution in [2.45, 2.75) is 44.2 Å². The predicted octanol–water partition coefficient (Wildman–Crippen LogP) is 0.246. The molecule has 0 bridgehead atoms. The first-order valence-corrected chi connectivity index (χ1v) is 8.84. The highest BCUT2D eigenvalue weighted by Crippen LogP contribution is 2.18. The maximum atomic E-state index is 11.4. The van der Waals surface area contributed by atoms with E-state index in [0.717, 1.165) is 32.2 Å². The molecule has 0 radical (unpaired) electrons. The first-order valence-electron chi connectivity index (χ1n) is 7.02. The molecule has 0 aliphatic carbocycles. The lowest BCUT2D eigenvalue weighted by molar-refractivity contribution is 0.168. The van der Waals surface area contributed by atoms with Gasteiger partial charge in [0.2, 0.25) is 0 Å². The molecule has 0 saturated carbocycles. The number of likely N-dealkylation sites (N-methyl/N-ethyl adjacent to an activating group) is 1. The van der Waals surface area contributed by atoms with Gasteiger partial charge in [0.25, 0.3) is 0 Å². The fourth-order valence-electron chi connectivity index (χ4n) is 2.47. The fourth-order valence-corrected chi connectivity index (χ4v) is 4.27. The zero-order valence-corrected chi connectivity index (χ0v) is 13.2. The summed E-state index contributed by atoms with van der Waals surface area (Å²) in [6.45, 7) is 3.08. The van der Waals surface area contributed by atoms with Crippen LogP contribution < -0.4 is 5.32 Å². The molecule has 2 N–H and O–H groups in total. The molecule has 0 amide bonds. The van der Waals surface area contributed by atoms with Gasteiger partial charge in [-0.25, -0.2) is 8.42 Å². The summed E-state index contributed by atoms with van der Waals surface area (Å²) in [7, 11) is 1.09. The van der Waals surface area contributed by atoms with Crippen molar-refractivity contribution in [3.05, 3.63) is 0 Å². The molecule has 114 valence electrons. The third-order valence-electron chi connectivity index (χ3n) is 4.27. The van der Waals surface area contributed by atoms with E-state index in [1.54, 1.807) is 0 Å². The molecular formula is C13H28N2O3S. The number of aliphatic hydroxyl groups is 1. The summed E-state index contributed by atoms with van der Waals surface area (Å²) in [5.74, 6) is 0.652. The molecule has 1 aliphatic rings. The molecule has 2 unspecified atom stereocenters. The molecule has 1 aliphatic heterocycles. The van der Waals surface area contributed by atoms with Crippen molar-refractivity contribution in [1.82, 2.24) is 10.2 Å². The van der Waals surface area contributed by atoms with Crippen LogP contribution >= 0.6 is 0 Å². The van der Waals surface area contributed by atoms with Gasteiger partial charge in [-0.3, -0.25) is 0 Å². The number of hydrogen-bond acceptors (Lipinski definition) is 5. The minimum atomic E-state index is -2.79. The second-order valence-corrected chi connectivity index (χ2v) is 8.19. The van der Waals surface area contributed by atoms with Gasteiger partial charge in [0.15, 0.2) is 9.84 Å². The molecule has 5 nitrogen and oxygen atoms in total. The quantitative estimate of drug-likeness (QED) is 0.628. The van der Waals surface area contributed by atoms with Crippen LogP contribution in [0.1, 0.15) is 32.6 Å². The van der Waals surface area contributed by atoms with Crippen molar-refractivity contribution < 1.29 is 13.5 Å². The van der Waals surface area contributed by atoms with Gasteiger partial charge in [-0.15, -0.1) is 0 Å². The summed E-state index contributed by atoms with van der Waals surface area (Å²) >= 11 is 0. The lowest BCUT2D eigenvalue weighted by Gasteiger charge is -2.28. The maximum Gasteiger partial charge on any atom is 0.151 e. The Hall–Kier alpha value is -0.170. The largest absolute Gasteiger partial charge is 0.394 e. The normalized spacial score (nSPS) is 25.6. The Morgan fingerprint density at radius 3 is 2.58 bits per heavy atom. The predicted molar refractivity (Wildman–Crippen MR) is 78.1 cm³/mol. The first kappa shape index (κ1) is 16.9. The Kier molecular flexibility index (Phi) is 6.23. The van der Waals surface area contributed by atoms with Gasteiger partial charge < -0.3 is 15.3 Å². The summed E-state index contributed by atoms with van der Waals surface area (Å²) in [6, 6.07) is 0.193. The molecule has 1 saturated heterocycles. The van der Waals surface area contributed by atoms with Crippen LogP contribution in [0.3, 0.4) is 0 Å². The topological polar surface area (TPSA) is 69.6 Å². The van der Waals surface area contributed by atoms with Crippen LogP contribution in [0.25, 0.3) is 0 Å². The molecule has 0 aromatic rings. The third kappa shape index (κ3) is 5.38. The number of rotatable bonds is 8. The van der Waals surface area contributed by atoms with E-state index in [1.807, 2.05) is 21.0 Å². The van der Waals surface area contributed by atoms with Gasteiger partial charge >= 0.3 is 0 Å². The van der Waals surface area contributed by atoms with E-state index < -0.39 is 9.84 Å². The first-order chi connectivity index (χ1) is 8.82. The summed E-state index contributed by atoms with van der Waals surface area (Å²) in [6.07, 6.45) is 3.76. The van der Waals surface area contributed by atoms with E-state index >= 15 is 0 Å². The fraction of sp³-hybridized carbons (Fsp3) is 1.00. The van der Waals surface area contributed by atoms with Crippen LogP contribution in [0.2, 0.25) is 0 Å². The number of nitrogens with one attached hydrogen (secondary N) is 1. The Labute approximate surface area is 117 Å². The Morgan fingerprint density at radius 1 is 1.42 bits per heavy atom. The van der Waals surface area contributed by atoms with Gasteiger partial charge in [0.05, 0.1) is 18.1 Å². The standard InChI is InChI=1S/C13H28N2O3S/c1-13(11-16,14-2)7-4-5-8-15(3)12-6-9-19(17,18)10-12/h12,14,16H,4-11H2,1-3H3. The zero-order chi connectivity index (χ0) is 14.5. The van der Waals surface area contributed by atoms with Crippen LogP contribution in [0.4, 0.5) is 0 Å². The number of nitrogens with zero attached hydrogens (tertiary/aromatic N) is 1. The number of aliphatic hydroxyl groups excluding tert-OH is 1. The minimum Gasteiger partial charge on any atom is -0.394 e. The van der Waals surface area contributed by atoms with Crippen molar-refractivity contribution in [1.29, 1.82) is 0 Å². The highest BCUT2D eigenvalue weighted by atomic mass is 32.2. The van der Waals surface area contributed by atoms with Crippen molar-refractivity contribution >= 4 is 9.84 Å². The molecule has 1 heterocycles. The van der Waals surface area contributed by atoms with E-state index in [4.69, 9.17) is 0 Å². The molecule has 0 aromatic carbocycles. The van der Waals surface area contributed by atoms with Crippen molar-refractivity contribution in [2.24, 2.45) is 0 Å². The van der Waals surface area contributed by atoms with Crippen LogP contribution in [0.5, 0.6) is 0 Å². The molecule has 0 spiro atoms. The second-order valence-electron chi connectivity index (χ2n) is 5.96. The van der Waals surface area contributed by atoms with E-state index in [-0.39, 0.29) is 18.2 Å². The average Bonchev–Trinajstić information content (AvgIpc) is 2.74. The minimum absolute atomic E-state index is 0.139. The number of hydrogen-bond donors (Lipinski definition) is 2. The zero-order valence-electron chi connectivity index (χ0n) is 12.4. The SMILES string of the molecule is CNC(C)(CO)CCCCN(C)C1CCS(=O)(=O)C1. The molecule has 0 aromatic heterocycles. The molecule has 6 heteroatoms. The lowest BCUT2D eigenvalue weighted by atomic mass is 9.96. The summed E-state index contributed by atoms with van der Waals surface area (Å²) in [5, 5.41) is 12.4. The Balaban J connectivity index is 2.23.